The van der Waals surface area contributed by atoms with Crippen molar-refractivity contribution in [3.63, 3.8) is 0 Å². The number of hydrogen-bond donors (Lipinski definition) is 1. The van der Waals surface area contributed by atoms with E-state index in [-0.39, 0.29) is 34.8 Å². The summed E-state index contributed by atoms with van der Waals surface area (Å²) in [5.74, 6) is 95.4. The predicted octanol–water partition coefficient (Wildman–Crippen LogP) is 7.27. The van der Waals surface area contributed by atoms with Crippen LogP contribution < -0.4 is 14.2 Å². The number of fused-ring (bicyclic) bond motifs is 1. The van der Waals surface area contributed by atoms with Gasteiger partial charge in [-0.3, -0.25) is 0 Å². The molecule has 0 unspecified atom stereocenters. The minimum absolute atomic E-state index is 0.0230. The summed E-state index contributed by atoms with van der Waals surface area (Å²) >= 11 is 0. The van der Waals surface area contributed by atoms with Crippen LogP contribution in [-0.2, 0) is 12.2 Å². The standard InChI is InChI=1S/C74H20F4O4/c1-3-5-7-9-11-13-15-17-19-21-23-25-27-29-31-33-35-37-39-41-47-80-72-49-61(50-73(59-72)81-48-42-40-38-36-34-32-30-28-26-24-22-20-18-16-14-12-10-8-6-4-2)60-82-71-46-44-62-51-64(45-43-63(62)52-71)74(79,65-53-67(75)57-68(76)54-65)66-55-69(77)58-70(78)56-66/h1-2,43-46,49-59,79H,60H2. The van der Waals surface area contributed by atoms with Crippen LogP contribution in [0.2, 0.25) is 0 Å². The first kappa shape index (κ1) is 58.6. The van der Waals surface area contributed by atoms with E-state index in [9.17, 15) is 22.7 Å². The van der Waals surface area contributed by atoms with Gasteiger partial charge >= 0.3 is 0 Å². The summed E-state index contributed by atoms with van der Waals surface area (Å²) in [4.78, 5) is 0. The van der Waals surface area contributed by atoms with Gasteiger partial charge in [0.15, 0.2) is 0 Å². The lowest BCUT2D eigenvalue weighted by Crippen LogP contribution is -2.29. The Hall–Kier alpha value is -14.2. The molecular weight excluding hydrogens is 1030 g/mol. The average Bonchev–Trinajstić information content (AvgIpc) is 3.30. The Morgan fingerprint density at radius 3 is 0.963 bits per heavy atom. The van der Waals surface area contributed by atoms with Crippen LogP contribution in [0.3, 0.4) is 0 Å². The third-order valence-corrected chi connectivity index (χ3v) is 8.97. The molecule has 0 aliphatic rings. The molecule has 0 radical (unpaired) electrons. The van der Waals surface area contributed by atoms with E-state index in [1.165, 1.54) is 18.2 Å². The van der Waals surface area contributed by atoms with Crippen molar-refractivity contribution in [1.82, 2.24) is 0 Å². The first-order chi connectivity index (χ1) is 40.2. The fourth-order valence-corrected chi connectivity index (χ4v) is 5.92. The predicted molar refractivity (Wildman–Crippen MR) is 304 cm³/mol. The molecule has 0 amide bonds. The zero-order valence-electron chi connectivity index (χ0n) is 41.7. The molecule has 0 aliphatic heterocycles. The Balaban J connectivity index is 1.30. The summed E-state index contributed by atoms with van der Waals surface area (Å²) in [7, 11) is 0. The van der Waals surface area contributed by atoms with E-state index in [0.717, 1.165) is 24.3 Å². The van der Waals surface area contributed by atoms with Crippen LogP contribution in [-0.4, -0.2) is 5.11 Å². The van der Waals surface area contributed by atoms with Crippen LogP contribution in [0.15, 0.2) is 91.0 Å². The lowest BCUT2D eigenvalue weighted by Gasteiger charge is -2.30. The molecule has 0 saturated heterocycles. The van der Waals surface area contributed by atoms with E-state index in [1.807, 2.05) is 0 Å². The molecule has 0 bridgehead atoms. The van der Waals surface area contributed by atoms with E-state index in [2.05, 4.69) is 249 Å². The monoisotopic (exact) mass is 1050 g/mol. The van der Waals surface area contributed by atoms with Gasteiger partial charge in [0.05, 0.1) is 0 Å². The van der Waals surface area contributed by atoms with Crippen LogP contribution in [0.5, 0.6) is 17.2 Å². The molecule has 4 nitrogen and oxygen atoms in total. The Bertz CT molecular complexity index is 4630. The summed E-state index contributed by atoms with van der Waals surface area (Å²) in [5.41, 5.74) is -2.32. The van der Waals surface area contributed by atoms with E-state index >= 15 is 0 Å². The van der Waals surface area contributed by atoms with Crippen molar-refractivity contribution in [2.45, 2.75) is 12.2 Å². The Labute approximate surface area is 473 Å². The normalized spacial score (nSPS) is 7.60. The zero-order valence-corrected chi connectivity index (χ0v) is 41.7. The fraction of sp³-hybridized carbons (Fsp3) is 0.0270. The van der Waals surface area contributed by atoms with Crippen molar-refractivity contribution in [1.29, 1.82) is 0 Å². The number of hydrogen-bond acceptors (Lipinski definition) is 4. The van der Waals surface area contributed by atoms with Gasteiger partial charge < -0.3 is 19.3 Å². The highest BCUT2D eigenvalue weighted by Crippen LogP contribution is 2.39. The molecular formula is C74H20F4O4. The number of benzene rings is 5. The number of ether oxygens (including phenoxy) is 3. The van der Waals surface area contributed by atoms with E-state index < -0.39 is 28.9 Å². The first-order valence-corrected chi connectivity index (χ1v) is 22.4. The smallest absolute Gasteiger partial charge is 0.144 e. The number of halogens is 4. The van der Waals surface area contributed by atoms with Crippen LogP contribution in [0.1, 0.15) is 22.3 Å². The molecule has 0 saturated carbocycles. The molecule has 5 rings (SSSR count). The fourth-order valence-electron chi connectivity index (χ4n) is 5.92. The van der Waals surface area contributed by atoms with Crippen molar-refractivity contribution in [2.24, 2.45) is 0 Å². The summed E-state index contributed by atoms with van der Waals surface area (Å²) in [6.07, 6.45) is 14.9. The highest BCUT2D eigenvalue weighted by Gasteiger charge is 2.36. The van der Waals surface area contributed by atoms with Gasteiger partial charge in [0.2, 0.25) is 0 Å². The summed E-state index contributed by atoms with van der Waals surface area (Å²) in [5, 5.41) is 13.3. The second-order valence-electron chi connectivity index (χ2n) is 14.3. The molecule has 0 atom stereocenters. The average molecular weight is 1050 g/mol. The highest BCUT2D eigenvalue weighted by molar-refractivity contribution is 5.85. The quantitative estimate of drug-likeness (QED) is 0.101. The molecule has 5 aromatic rings. The van der Waals surface area contributed by atoms with Crippen molar-refractivity contribution >= 4 is 10.8 Å². The molecule has 82 heavy (non-hydrogen) atoms. The maximum Gasteiger partial charge on any atom is 0.144 e. The van der Waals surface area contributed by atoms with Gasteiger partial charge in [0.1, 0.15) is 64.9 Å². The third kappa shape index (κ3) is 21.7. The van der Waals surface area contributed by atoms with Gasteiger partial charge in [0.25, 0.3) is 0 Å². The van der Waals surface area contributed by atoms with E-state index in [1.54, 1.807) is 36.4 Å². The van der Waals surface area contributed by atoms with Crippen LogP contribution in [0.4, 0.5) is 17.6 Å². The maximum atomic E-state index is 14.5. The minimum Gasteiger partial charge on any atom is -0.489 e. The van der Waals surface area contributed by atoms with Crippen molar-refractivity contribution in [2.75, 3.05) is 0 Å². The SMILES string of the molecule is C#CC#CC#CC#CC#CC#CC#CC#CC#CC#CC#COc1cc(COc2ccc3cc(C(O)(c4cc(F)cc(F)c4)c4cc(F)cc(F)c4)ccc3c2)cc(OC#CC#CC#CC#CC#CC#CC#CC#CC#CC#CC#C)c1. The molecule has 0 aliphatic carbocycles. The van der Waals surface area contributed by atoms with Crippen molar-refractivity contribution in [3.8, 4) is 279 Å². The first-order valence-electron chi connectivity index (χ1n) is 22.4. The molecule has 0 spiro atoms. The Morgan fingerprint density at radius 1 is 0.317 bits per heavy atom. The van der Waals surface area contributed by atoms with Crippen LogP contribution in [0.25, 0.3) is 10.8 Å². The van der Waals surface area contributed by atoms with Crippen molar-refractivity contribution in [3.05, 3.63) is 137 Å². The van der Waals surface area contributed by atoms with E-state index in [0.29, 0.717) is 34.2 Å². The van der Waals surface area contributed by atoms with Crippen molar-refractivity contribution < 1.29 is 36.9 Å². The van der Waals surface area contributed by atoms with Gasteiger partial charge in [0, 0.05) is 160 Å². The molecule has 1 N–H and O–H groups in total. The largest absolute Gasteiger partial charge is 0.489 e. The molecule has 368 valence electrons. The lowest BCUT2D eigenvalue weighted by molar-refractivity contribution is 0.124. The zero-order chi connectivity index (χ0) is 58.1. The summed E-state index contributed by atoms with van der Waals surface area (Å²) < 4.78 is 75.4. The third-order valence-electron chi connectivity index (χ3n) is 8.97. The number of rotatable bonds is 8. The van der Waals surface area contributed by atoms with Gasteiger partial charge in [-0.15, -0.1) is 12.8 Å². The Morgan fingerprint density at radius 2 is 0.622 bits per heavy atom. The lowest BCUT2D eigenvalue weighted by atomic mass is 9.79. The minimum atomic E-state index is -2.37. The van der Waals surface area contributed by atoms with Crippen LogP contribution >= 0.6 is 0 Å². The molecule has 5 aromatic carbocycles. The summed E-state index contributed by atoms with van der Waals surface area (Å²) in [6, 6.07) is 19.2. The van der Waals surface area contributed by atoms with E-state index in [4.69, 9.17) is 27.1 Å². The number of aliphatic hydroxyl groups is 1. The molecule has 0 aromatic heterocycles. The number of terminal acetylenes is 2. The maximum absolute atomic E-state index is 14.5. The highest BCUT2D eigenvalue weighted by atomic mass is 19.1. The molecule has 0 heterocycles. The van der Waals surface area contributed by atoms with Gasteiger partial charge in [-0.1, -0.05) is 18.2 Å². The summed E-state index contributed by atoms with van der Waals surface area (Å²) in [6.45, 7) is -0.0230. The Kier molecular flexibility index (Phi) is 24.5. The molecule has 0 fully saturated rings. The molecule has 8 heteroatoms. The second-order valence-corrected chi connectivity index (χ2v) is 14.3. The van der Waals surface area contributed by atoms with Gasteiger partial charge in [-0.25, -0.2) is 17.6 Å². The van der Waals surface area contributed by atoms with Gasteiger partial charge in [-0.2, -0.15) is 0 Å². The van der Waals surface area contributed by atoms with Crippen LogP contribution in [0, 0.1) is 285 Å². The topological polar surface area (TPSA) is 47.9 Å². The second kappa shape index (κ2) is 34.3. The van der Waals surface area contributed by atoms with Gasteiger partial charge in [-0.05, 0) is 182 Å².